The molecule has 2 fully saturated rings. The fourth-order valence-corrected chi connectivity index (χ4v) is 9.35. The van der Waals surface area contributed by atoms with E-state index >= 15 is 0 Å². The molecule has 2 saturated heterocycles. The summed E-state index contributed by atoms with van der Waals surface area (Å²) in [5.41, 5.74) is 7.26. The highest BCUT2D eigenvalue weighted by Crippen LogP contribution is 2.52. The zero-order valence-corrected chi connectivity index (χ0v) is 37.5. The summed E-state index contributed by atoms with van der Waals surface area (Å²) < 4.78 is 16.6. The highest BCUT2D eigenvalue weighted by molar-refractivity contribution is 5.96. The van der Waals surface area contributed by atoms with E-state index in [1.54, 1.807) is 6.20 Å². The number of aromatic amines is 3. The highest BCUT2D eigenvalue weighted by Gasteiger charge is 2.41. The average Bonchev–Trinajstić information content (AvgIpc) is 4.12. The van der Waals surface area contributed by atoms with Crippen LogP contribution in [0.25, 0.3) is 44.7 Å². The fourth-order valence-electron chi connectivity index (χ4n) is 9.35. The van der Waals surface area contributed by atoms with Crippen LogP contribution in [0, 0.1) is 17.3 Å². The molecule has 5 atom stereocenters. The van der Waals surface area contributed by atoms with Crippen LogP contribution in [0.15, 0.2) is 48.8 Å². The molecule has 8 rings (SSSR count). The number of fused-ring (bicyclic) bond motifs is 5. The number of carbonyl (C=O) groups excluding carboxylic acids is 4. The van der Waals surface area contributed by atoms with Crippen molar-refractivity contribution in [2.24, 2.45) is 17.3 Å². The molecule has 0 spiro atoms. The van der Waals surface area contributed by atoms with Gasteiger partial charge in [0.1, 0.15) is 35.6 Å². The SMILES string of the molecule is COC(=O)NC(C(=O)N1CCC[C@H]1c1ncc(-c2ccc3[nH]c4c(c3c2)C(C(C)(C)C)Oc2cc(-c3cnc([C@@H]5CCCN5C(=O)[C@@H](NC(=O)OC)C(C)C)[nH]3)ccc2-4)[nH]1)C(C)C. The molecule has 4 amide bonds. The maximum Gasteiger partial charge on any atom is 0.407 e. The number of likely N-dealkylation sites (tertiary alicyclic amines) is 2. The summed E-state index contributed by atoms with van der Waals surface area (Å²) in [4.78, 5) is 75.6. The third kappa shape index (κ3) is 8.22. The lowest BCUT2D eigenvalue weighted by atomic mass is 9.81. The van der Waals surface area contributed by atoms with Gasteiger partial charge in [0.05, 0.1) is 55.8 Å². The molecule has 5 N–H and O–H groups in total. The Morgan fingerprint density at radius 3 is 1.75 bits per heavy atom. The second-order valence-corrected chi connectivity index (χ2v) is 18.7. The maximum atomic E-state index is 13.8. The van der Waals surface area contributed by atoms with Gasteiger partial charge in [-0.2, -0.15) is 0 Å². The number of methoxy groups -OCH3 is 2. The van der Waals surface area contributed by atoms with Crippen molar-refractivity contribution < 1.29 is 33.4 Å². The van der Waals surface area contributed by atoms with Crippen LogP contribution in [0.5, 0.6) is 5.75 Å². The quantitative estimate of drug-likeness (QED) is 0.0919. The zero-order valence-electron chi connectivity index (χ0n) is 37.5. The first kappa shape index (κ1) is 43.3. The van der Waals surface area contributed by atoms with E-state index in [9.17, 15) is 19.2 Å². The number of hydrogen-bond acceptors (Lipinski definition) is 9. The van der Waals surface area contributed by atoms with Gasteiger partial charge in [-0.3, -0.25) is 9.59 Å². The summed E-state index contributed by atoms with van der Waals surface area (Å²) in [6, 6.07) is 10.6. The number of alkyl carbamates (subject to hydrolysis) is 2. The van der Waals surface area contributed by atoms with Gasteiger partial charge in [-0.05, 0) is 61.8 Å². The smallest absolute Gasteiger partial charge is 0.407 e. The first-order valence-electron chi connectivity index (χ1n) is 21.9. The van der Waals surface area contributed by atoms with Crippen LogP contribution in [0.2, 0.25) is 0 Å². The molecule has 3 aromatic heterocycles. The highest BCUT2D eigenvalue weighted by atomic mass is 16.5. The van der Waals surface area contributed by atoms with Gasteiger partial charge >= 0.3 is 12.2 Å². The van der Waals surface area contributed by atoms with Crippen molar-refractivity contribution in [3.05, 3.63) is 66.0 Å². The summed E-state index contributed by atoms with van der Waals surface area (Å²) in [6.07, 6.45) is 5.25. The molecular weight excluding hydrogens is 803 g/mol. The van der Waals surface area contributed by atoms with E-state index in [2.05, 4.69) is 82.8 Å². The second-order valence-electron chi connectivity index (χ2n) is 18.7. The van der Waals surface area contributed by atoms with Crippen molar-refractivity contribution in [2.75, 3.05) is 27.3 Å². The lowest BCUT2D eigenvalue weighted by molar-refractivity contribution is -0.136. The Morgan fingerprint density at radius 2 is 1.25 bits per heavy atom. The van der Waals surface area contributed by atoms with Crippen LogP contribution < -0.4 is 15.4 Å². The van der Waals surface area contributed by atoms with Crippen LogP contribution in [-0.2, 0) is 19.1 Å². The lowest BCUT2D eigenvalue weighted by Gasteiger charge is -2.36. The molecule has 3 aliphatic rings. The summed E-state index contributed by atoms with van der Waals surface area (Å²) >= 11 is 0. The molecule has 2 aromatic carbocycles. The number of carbonyl (C=O) groups is 4. The van der Waals surface area contributed by atoms with Crippen LogP contribution in [0.3, 0.4) is 0 Å². The number of aromatic nitrogens is 5. The first-order chi connectivity index (χ1) is 30.1. The largest absolute Gasteiger partial charge is 0.484 e. The summed E-state index contributed by atoms with van der Waals surface area (Å²) in [7, 11) is 2.58. The van der Waals surface area contributed by atoms with Gasteiger partial charge < -0.3 is 49.6 Å². The Labute approximate surface area is 367 Å². The Bertz CT molecular complexity index is 2530. The van der Waals surface area contributed by atoms with Crippen LogP contribution in [0.4, 0.5) is 9.59 Å². The van der Waals surface area contributed by atoms with Crippen LogP contribution in [-0.4, -0.2) is 98.1 Å². The molecule has 5 aromatic rings. The van der Waals surface area contributed by atoms with Crippen LogP contribution >= 0.6 is 0 Å². The van der Waals surface area contributed by atoms with Gasteiger partial charge in [0.15, 0.2) is 0 Å². The number of nitrogens with zero attached hydrogens (tertiary/aromatic N) is 4. The standard InChI is InChI=1S/C47H59N9O7/c1-24(2)37(53-45(59)61-8)43(57)55-18-10-12-33(55)41-48-22-31(51-41)26-15-17-30-29(20-26)36-39(50-30)28-16-14-27(21-35(28)63-40(36)47(5,6)7)32-23-49-42(52-32)34-13-11-19-56(34)44(58)38(25(3)4)54-46(60)62-9/h14-17,20-25,33-34,37-38,40,50H,10-13,18-19H2,1-9H3,(H,48,51)(H,49,52)(H,53,59)(H,54,60)/t33-,34-,37?,38-,40?/m0/s1. The summed E-state index contributed by atoms with van der Waals surface area (Å²) in [6.45, 7) is 15.3. The van der Waals surface area contributed by atoms with Crippen molar-refractivity contribution in [3.8, 4) is 39.5 Å². The van der Waals surface area contributed by atoms with E-state index in [1.165, 1.54) is 14.2 Å². The van der Waals surface area contributed by atoms with E-state index in [0.717, 1.165) is 81.7 Å². The fraction of sp³-hybridized carbons (Fsp3) is 0.489. The Balaban J connectivity index is 1.06. The molecule has 63 heavy (non-hydrogen) atoms. The molecule has 0 saturated carbocycles. The minimum Gasteiger partial charge on any atom is -0.484 e. The number of ether oxygens (including phenoxy) is 3. The zero-order chi connectivity index (χ0) is 44.9. The number of benzene rings is 2. The molecule has 0 aliphatic carbocycles. The average molecular weight is 862 g/mol. The molecule has 0 bridgehead atoms. The normalized spacial score (nSPS) is 19.4. The van der Waals surface area contributed by atoms with Gasteiger partial charge in [0.2, 0.25) is 11.8 Å². The number of nitrogens with one attached hydrogen (secondary N) is 5. The molecule has 0 radical (unpaired) electrons. The van der Waals surface area contributed by atoms with Crippen LogP contribution in [0.1, 0.15) is 110 Å². The molecule has 16 nitrogen and oxygen atoms in total. The molecule has 334 valence electrons. The second kappa shape index (κ2) is 17.1. The molecule has 3 aliphatic heterocycles. The lowest BCUT2D eigenvalue weighted by Crippen LogP contribution is -2.51. The maximum absolute atomic E-state index is 13.8. The predicted molar refractivity (Wildman–Crippen MR) is 237 cm³/mol. The number of amides is 4. The van der Waals surface area contributed by atoms with E-state index in [4.69, 9.17) is 24.2 Å². The number of hydrogen-bond donors (Lipinski definition) is 5. The predicted octanol–water partition coefficient (Wildman–Crippen LogP) is 8.18. The molecule has 6 heterocycles. The monoisotopic (exact) mass is 861 g/mol. The van der Waals surface area contributed by atoms with E-state index in [-0.39, 0.29) is 47.3 Å². The third-order valence-corrected chi connectivity index (χ3v) is 12.7. The minimum absolute atomic E-state index is 0.125. The molecular formula is C47H59N9O7. The number of H-pyrrole nitrogens is 3. The summed E-state index contributed by atoms with van der Waals surface area (Å²) in [5, 5.41) is 6.48. The van der Waals surface area contributed by atoms with Crippen molar-refractivity contribution in [1.29, 1.82) is 0 Å². The van der Waals surface area contributed by atoms with Gasteiger partial charge in [-0.25, -0.2) is 19.6 Å². The van der Waals surface area contributed by atoms with Crippen molar-refractivity contribution >= 4 is 34.9 Å². The summed E-state index contributed by atoms with van der Waals surface area (Å²) in [5.74, 6) is 1.60. The Hall–Kier alpha value is -6.32. The van der Waals surface area contributed by atoms with Gasteiger partial charge in [0, 0.05) is 51.7 Å². The van der Waals surface area contributed by atoms with Gasteiger partial charge in [-0.15, -0.1) is 0 Å². The molecule has 16 heteroatoms. The van der Waals surface area contributed by atoms with Gasteiger partial charge in [-0.1, -0.05) is 60.6 Å². The van der Waals surface area contributed by atoms with Crippen molar-refractivity contribution in [1.82, 2.24) is 45.4 Å². The third-order valence-electron chi connectivity index (χ3n) is 12.7. The number of imidazole rings is 2. The number of rotatable bonds is 10. The molecule has 2 unspecified atom stereocenters. The van der Waals surface area contributed by atoms with E-state index < -0.39 is 24.3 Å². The Kier molecular flexibility index (Phi) is 11.8. The van der Waals surface area contributed by atoms with Crippen molar-refractivity contribution in [3.63, 3.8) is 0 Å². The minimum atomic E-state index is -0.713. The van der Waals surface area contributed by atoms with Crippen molar-refractivity contribution in [2.45, 2.75) is 104 Å². The van der Waals surface area contributed by atoms with E-state index in [0.29, 0.717) is 24.7 Å². The topological polar surface area (TPSA) is 200 Å². The Morgan fingerprint density at radius 1 is 0.746 bits per heavy atom. The van der Waals surface area contributed by atoms with Gasteiger partial charge in [0.25, 0.3) is 0 Å². The first-order valence-corrected chi connectivity index (χ1v) is 21.9. The van der Waals surface area contributed by atoms with E-state index in [1.807, 2.05) is 43.7 Å².